The van der Waals surface area contributed by atoms with Crippen LogP contribution in [0.5, 0.6) is 5.75 Å². The molecule has 16 heavy (non-hydrogen) atoms. The second-order valence-electron chi connectivity index (χ2n) is 3.32. The SMILES string of the molecule is CC1=CC(Oc2ccc(Cl)cc2Br)OC1=O. The van der Waals surface area contributed by atoms with Gasteiger partial charge in [-0.25, -0.2) is 4.79 Å². The van der Waals surface area contributed by atoms with Crippen molar-refractivity contribution in [2.24, 2.45) is 0 Å². The van der Waals surface area contributed by atoms with Gasteiger partial charge in [-0.15, -0.1) is 0 Å². The lowest BCUT2D eigenvalue weighted by atomic mass is 10.3. The Morgan fingerprint density at radius 2 is 2.25 bits per heavy atom. The number of carbonyl (C=O) groups excluding carboxylic acids is 1. The topological polar surface area (TPSA) is 35.5 Å². The van der Waals surface area contributed by atoms with E-state index in [1.165, 1.54) is 0 Å². The van der Waals surface area contributed by atoms with E-state index in [1.807, 2.05) is 0 Å². The third kappa shape index (κ3) is 2.39. The molecule has 1 aromatic rings. The maximum Gasteiger partial charge on any atom is 0.336 e. The van der Waals surface area contributed by atoms with E-state index in [4.69, 9.17) is 21.1 Å². The summed E-state index contributed by atoms with van der Waals surface area (Å²) in [6.45, 7) is 1.68. The van der Waals surface area contributed by atoms with E-state index < -0.39 is 6.29 Å². The van der Waals surface area contributed by atoms with Gasteiger partial charge >= 0.3 is 5.97 Å². The highest BCUT2D eigenvalue weighted by Gasteiger charge is 2.24. The third-order valence-corrected chi connectivity index (χ3v) is 2.92. The number of esters is 1. The van der Waals surface area contributed by atoms with Gasteiger partial charge in [0, 0.05) is 16.7 Å². The van der Waals surface area contributed by atoms with Gasteiger partial charge in [0.15, 0.2) is 0 Å². The predicted octanol–water partition coefficient (Wildman–Crippen LogP) is 3.31. The molecule has 0 radical (unpaired) electrons. The Hall–Kier alpha value is -1.00. The van der Waals surface area contributed by atoms with Crippen molar-refractivity contribution in [1.82, 2.24) is 0 Å². The summed E-state index contributed by atoms with van der Waals surface area (Å²) in [5, 5.41) is 0.606. The zero-order valence-corrected chi connectivity index (χ0v) is 10.7. The fourth-order valence-corrected chi connectivity index (χ4v) is 2.03. The van der Waals surface area contributed by atoms with E-state index in [1.54, 1.807) is 31.2 Å². The molecule has 84 valence electrons. The molecule has 1 aromatic carbocycles. The van der Waals surface area contributed by atoms with Crippen LogP contribution in [0.4, 0.5) is 0 Å². The first-order valence-corrected chi connectivity index (χ1v) is 5.74. The van der Waals surface area contributed by atoms with Crippen molar-refractivity contribution in [3.05, 3.63) is 39.3 Å². The first-order chi connectivity index (χ1) is 7.56. The smallest absolute Gasteiger partial charge is 0.336 e. The highest BCUT2D eigenvalue weighted by molar-refractivity contribution is 9.10. The van der Waals surface area contributed by atoms with Crippen molar-refractivity contribution in [2.75, 3.05) is 0 Å². The van der Waals surface area contributed by atoms with Gasteiger partial charge in [-0.1, -0.05) is 11.6 Å². The van der Waals surface area contributed by atoms with Gasteiger partial charge in [-0.3, -0.25) is 0 Å². The highest BCUT2D eigenvalue weighted by Crippen LogP contribution is 2.30. The van der Waals surface area contributed by atoms with Crippen LogP contribution in [0.3, 0.4) is 0 Å². The lowest BCUT2D eigenvalue weighted by Gasteiger charge is -2.12. The lowest BCUT2D eigenvalue weighted by molar-refractivity contribution is -0.148. The van der Waals surface area contributed by atoms with E-state index in [2.05, 4.69) is 15.9 Å². The molecular weight excluding hydrogens is 295 g/mol. The lowest BCUT2D eigenvalue weighted by Crippen LogP contribution is -2.15. The molecule has 0 amide bonds. The number of carbonyl (C=O) groups is 1. The van der Waals surface area contributed by atoms with E-state index in [-0.39, 0.29) is 5.97 Å². The summed E-state index contributed by atoms with van der Waals surface area (Å²) in [6, 6.07) is 5.13. The molecule has 0 aliphatic carbocycles. The molecule has 1 unspecified atom stereocenters. The van der Waals surface area contributed by atoms with Crippen LogP contribution < -0.4 is 4.74 Å². The summed E-state index contributed by atoms with van der Waals surface area (Å²) in [7, 11) is 0. The van der Waals surface area contributed by atoms with E-state index in [9.17, 15) is 4.79 Å². The van der Waals surface area contributed by atoms with Gasteiger partial charge in [-0.2, -0.15) is 0 Å². The van der Waals surface area contributed by atoms with Crippen LogP contribution >= 0.6 is 27.5 Å². The molecule has 2 rings (SSSR count). The van der Waals surface area contributed by atoms with Crippen LogP contribution in [0.15, 0.2) is 34.3 Å². The van der Waals surface area contributed by atoms with E-state index >= 15 is 0 Å². The molecule has 0 N–H and O–H groups in total. The summed E-state index contributed by atoms with van der Waals surface area (Å²) in [4.78, 5) is 11.1. The minimum atomic E-state index is -0.662. The molecule has 3 nitrogen and oxygen atoms in total. The summed E-state index contributed by atoms with van der Waals surface area (Å²) in [5.41, 5.74) is 0.551. The van der Waals surface area contributed by atoms with Gasteiger partial charge in [0.2, 0.25) is 0 Å². The number of rotatable bonds is 2. The van der Waals surface area contributed by atoms with Crippen LogP contribution in [0.1, 0.15) is 6.92 Å². The van der Waals surface area contributed by atoms with Crippen molar-refractivity contribution in [2.45, 2.75) is 13.2 Å². The molecule has 1 atom stereocenters. The number of cyclic esters (lactones) is 1. The Labute approximate surface area is 106 Å². The van der Waals surface area contributed by atoms with Gasteiger partial charge in [-0.05, 0) is 41.1 Å². The second-order valence-corrected chi connectivity index (χ2v) is 4.61. The third-order valence-electron chi connectivity index (χ3n) is 2.07. The van der Waals surface area contributed by atoms with Gasteiger partial charge in [0.25, 0.3) is 6.29 Å². The van der Waals surface area contributed by atoms with Crippen molar-refractivity contribution in [1.29, 1.82) is 0 Å². The normalized spacial score (nSPS) is 19.3. The van der Waals surface area contributed by atoms with Gasteiger partial charge in [0.05, 0.1) is 4.47 Å². The Kier molecular flexibility index (Phi) is 3.21. The molecule has 0 spiro atoms. The quantitative estimate of drug-likeness (QED) is 0.786. The zero-order valence-electron chi connectivity index (χ0n) is 8.37. The molecular formula is C11H8BrClO3. The van der Waals surface area contributed by atoms with Crippen LogP contribution in [0.2, 0.25) is 5.02 Å². The first kappa shape index (κ1) is 11.5. The molecule has 0 bridgehead atoms. The van der Waals surface area contributed by atoms with Crippen molar-refractivity contribution >= 4 is 33.5 Å². The molecule has 0 aromatic heterocycles. The average molecular weight is 304 g/mol. The summed E-state index contributed by atoms with van der Waals surface area (Å²) < 4.78 is 11.1. The fourth-order valence-electron chi connectivity index (χ4n) is 1.26. The average Bonchev–Trinajstić information content (AvgIpc) is 2.51. The minimum Gasteiger partial charge on any atom is -0.450 e. The van der Waals surface area contributed by atoms with Crippen LogP contribution in [-0.2, 0) is 9.53 Å². The molecule has 5 heteroatoms. The molecule has 0 fully saturated rings. The standard InChI is InChI=1S/C11H8BrClO3/c1-6-4-10(16-11(6)14)15-9-3-2-7(13)5-8(9)12/h2-5,10H,1H3. The minimum absolute atomic E-state index is 0.352. The molecule has 1 heterocycles. The highest BCUT2D eigenvalue weighted by atomic mass is 79.9. The van der Waals surface area contributed by atoms with Crippen molar-refractivity contribution in [3.63, 3.8) is 0 Å². The Bertz CT molecular complexity index is 470. The van der Waals surface area contributed by atoms with Crippen LogP contribution in [0.25, 0.3) is 0 Å². The van der Waals surface area contributed by atoms with Crippen molar-refractivity contribution < 1.29 is 14.3 Å². The Balaban J connectivity index is 2.14. The number of hydrogen-bond acceptors (Lipinski definition) is 3. The Morgan fingerprint density at radius 3 is 2.81 bits per heavy atom. The monoisotopic (exact) mass is 302 g/mol. The second kappa shape index (κ2) is 4.47. The summed E-state index contributed by atoms with van der Waals surface area (Å²) in [6.07, 6.45) is 0.966. The number of halogens is 2. The van der Waals surface area contributed by atoms with Crippen molar-refractivity contribution in [3.8, 4) is 5.75 Å². The molecule has 1 aliphatic rings. The molecule has 0 saturated carbocycles. The maximum atomic E-state index is 11.1. The Morgan fingerprint density at radius 1 is 1.50 bits per heavy atom. The van der Waals surface area contributed by atoms with Crippen LogP contribution in [-0.4, -0.2) is 12.3 Å². The zero-order chi connectivity index (χ0) is 11.7. The first-order valence-electron chi connectivity index (χ1n) is 4.57. The van der Waals surface area contributed by atoms with Crippen LogP contribution in [0, 0.1) is 0 Å². The van der Waals surface area contributed by atoms with Gasteiger partial charge < -0.3 is 9.47 Å². The number of ether oxygens (including phenoxy) is 2. The molecule has 0 saturated heterocycles. The largest absolute Gasteiger partial charge is 0.450 e. The molecule has 1 aliphatic heterocycles. The summed E-state index contributed by atoms with van der Waals surface area (Å²) in [5.74, 6) is 0.225. The predicted molar refractivity (Wildman–Crippen MR) is 63.4 cm³/mol. The summed E-state index contributed by atoms with van der Waals surface area (Å²) >= 11 is 9.11. The number of hydrogen-bond donors (Lipinski definition) is 0. The fraction of sp³-hybridized carbons (Fsp3) is 0.182. The maximum absolute atomic E-state index is 11.1. The van der Waals surface area contributed by atoms with Gasteiger partial charge in [0.1, 0.15) is 5.75 Å². The van der Waals surface area contributed by atoms with E-state index in [0.29, 0.717) is 20.8 Å². The number of benzene rings is 1. The van der Waals surface area contributed by atoms with E-state index in [0.717, 1.165) is 0 Å².